The highest BCUT2D eigenvalue weighted by Crippen LogP contribution is 2.24. The summed E-state index contributed by atoms with van der Waals surface area (Å²) in [5.74, 6) is 0. The summed E-state index contributed by atoms with van der Waals surface area (Å²) in [6.45, 7) is 3.46. The van der Waals surface area contributed by atoms with Crippen molar-refractivity contribution in [2.45, 2.75) is 19.2 Å². The Kier molecular flexibility index (Phi) is 5.76. The van der Waals surface area contributed by atoms with Crippen molar-refractivity contribution >= 4 is 31.3 Å². The molecule has 0 aromatic heterocycles. The van der Waals surface area contributed by atoms with Gasteiger partial charge >= 0.3 is 0 Å². The summed E-state index contributed by atoms with van der Waals surface area (Å²) in [6, 6.07) is 0. The van der Waals surface area contributed by atoms with Gasteiger partial charge in [-0.05, 0) is 37.0 Å². The second kappa shape index (κ2) is 5.73. The van der Waals surface area contributed by atoms with Crippen LogP contribution in [0.1, 0.15) is 13.8 Å². The second-order valence-corrected chi connectivity index (χ2v) is 7.02. The molecule has 13 heavy (non-hydrogen) atoms. The monoisotopic (exact) mass is 240 g/mol. The Hall–Kier alpha value is 0.0700. The normalized spacial score (nSPS) is 16.5. The van der Waals surface area contributed by atoms with Gasteiger partial charge in [0, 0.05) is 0 Å². The van der Waals surface area contributed by atoms with E-state index in [1.807, 2.05) is 6.92 Å². The van der Waals surface area contributed by atoms with E-state index in [0.29, 0.717) is 0 Å². The molecule has 0 aromatic rings. The maximum atomic E-state index is 11.4. The molecule has 0 saturated carbocycles. The maximum absolute atomic E-state index is 11.4. The van der Waals surface area contributed by atoms with Gasteiger partial charge in [0.2, 0.25) is 8.87 Å². The number of halogens is 1. The highest BCUT2D eigenvalue weighted by molar-refractivity contribution is 8.73. The molecule has 0 radical (unpaired) electrons. The topological polar surface area (TPSA) is 34.1 Å². The van der Waals surface area contributed by atoms with Crippen LogP contribution in [0, 0.1) is 0 Å². The summed E-state index contributed by atoms with van der Waals surface area (Å²) in [7, 11) is -2.44. The lowest BCUT2D eigenvalue weighted by molar-refractivity contribution is 0.614. The van der Waals surface area contributed by atoms with Gasteiger partial charge in [-0.2, -0.15) is 0 Å². The molecule has 1 unspecified atom stereocenters. The molecule has 0 spiro atoms. The molecule has 1 atom stereocenters. The van der Waals surface area contributed by atoms with Crippen molar-refractivity contribution in [3.8, 4) is 0 Å². The van der Waals surface area contributed by atoms with Gasteiger partial charge in [0.15, 0.2) is 0 Å². The molecule has 2 nitrogen and oxygen atoms in total. The molecular formula is C8H13ClO2S2. The van der Waals surface area contributed by atoms with Crippen LogP contribution in [0.5, 0.6) is 0 Å². The predicted octanol–water partition coefficient (Wildman–Crippen LogP) is 2.77. The Bertz CT molecular complexity index is 302. The molecule has 0 amide bonds. The first-order valence-electron chi connectivity index (χ1n) is 3.73. The molecule has 0 N–H and O–H groups in total. The minimum absolute atomic E-state index is 0.250. The van der Waals surface area contributed by atoms with E-state index < -0.39 is 14.2 Å². The quantitative estimate of drug-likeness (QED) is 0.431. The first-order chi connectivity index (χ1) is 5.95. The van der Waals surface area contributed by atoms with E-state index in [1.165, 1.54) is 12.3 Å². The van der Waals surface area contributed by atoms with Crippen molar-refractivity contribution in [2.24, 2.45) is 0 Å². The van der Waals surface area contributed by atoms with Crippen molar-refractivity contribution in [3.63, 3.8) is 0 Å². The van der Waals surface area contributed by atoms with Crippen molar-refractivity contribution in [1.82, 2.24) is 0 Å². The van der Waals surface area contributed by atoms with E-state index in [-0.39, 0.29) is 4.91 Å². The summed E-state index contributed by atoms with van der Waals surface area (Å²) in [4.78, 5) is 0.250. The fourth-order valence-electron chi connectivity index (χ4n) is 0.702. The van der Waals surface area contributed by atoms with Crippen LogP contribution in [-0.4, -0.2) is 20.1 Å². The third-order valence-electron chi connectivity index (χ3n) is 1.35. The number of allylic oxidation sites excluding steroid dienone is 4. The van der Waals surface area contributed by atoms with E-state index in [0.717, 1.165) is 10.8 Å². The molecule has 0 saturated heterocycles. The van der Waals surface area contributed by atoms with Crippen LogP contribution in [-0.2, 0) is 8.87 Å². The smallest absolute Gasteiger partial charge is 0.213 e. The fraction of sp³-hybridized carbons (Fsp3) is 0.500. The van der Waals surface area contributed by atoms with Gasteiger partial charge in [-0.15, -0.1) is 11.6 Å². The number of hydrogen-bond donors (Lipinski definition) is 0. The second-order valence-electron chi connectivity index (χ2n) is 2.33. The van der Waals surface area contributed by atoms with E-state index in [2.05, 4.69) is 0 Å². The Morgan fingerprint density at radius 2 is 2.08 bits per heavy atom. The summed E-state index contributed by atoms with van der Waals surface area (Å²) in [5, 5.41) is -0.492. The summed E-state index contributed by atoms with van der Waals surface area (Å²) < 4.78 is 22.8. The zero-order valence-corrected chi connectivity index (χ0v) is 10.2. The summed E-state index contributed by atoms with van der Waals surface area (Å²) in [5.41, 5.74) is 0. The third kappa shape index (κ3) is 4.20. The number of alkyl halides is 1. The van der Waals surface area contributed by atoms with Gasteiger partial charge in [-0.3, -0.25) is 0 Å². The molecular weight excluding hydrogens is 228 g/mol. The highest BCUT2D eigenvalue weighted by Gasteiger charge is 2.19. The molecule has 76 valence electrons. The molecule has 0 heterocycles. The first-order valence-corrected chi connectivity index (χ1v) is 7.39. The van der Waals surface area contributed by atoms with Crippen molar-refractivity contribution in [2.75, 3.05) is 6.26 Å². The van der Waals surface area contributed by atoms with Crippen LogP contribution in [0.25, 0.3) is 0 Å². The van der Waals surface area contributed by atoms with Crippen molar-refractivity contribution < 1.29 is 8.42 Å². The molecule has 0 rings (SSSR count). The molecule has 0 bridgehead atoms. The lowest BCUT2D eigenvalue weighted by atomic mass is 10.4. The molecule has 5 heteroatoms. The largest absolute Gasteiger partial charge is 0.227 e. The standard InChI is InChI=1S/C8H13ClO2S2/c1-4-5-6-8(7(2)9)13(10,11)12-3/h4-7H,1-3H3/b5-4-,8-6+. The highest BCUT2D eigenvalue weighted by atomic mass is 35.5. The minimum Gasteiger partial charge on any atom is -0.213 e. The van der Waals surface area contributed by atoms with Gasteiger partial charge in [-0.25, -0.2) is 8.42 Å². The molecule has 0 fully saturated rings. The SMILES string of the molecule is C/C=C\C=C(/C(C)Cl)S(=O)(=O)SC. The van der Waals surface area contributed by atoms with Crippen molar-refractivity contribution in [3.05, 3.63) is 23.1 Å². The Balaban J connectivity index is 5.05. The van der Waals surface area contributed by atoms with Gasteiger partial charge in [0.1, 0.15) is 0 Å². The Morgan fingerprint density at radius 3 is 2.38 bits per heavy atom. The van der Waals surface area contributed by atoms with Gasteiger partial charge in [0.25, 0.3) is 0 Å². The van der Waals surface area contributed by atoms with Crippen LogP contribution in [0.4, 0.5) is 0 Å². The van der Waals surface area contributed by atoms with Crippen LogP contribution in [0.2, 0.25) is 0 Å². The van der Waals surface area contributed by atoms with Crippen LogP contribution < -0.4 is 0 Å². The van der Waals surface area contributed by atoms with Gasteiger partial charge in [-0.1, -0.05) is 12.2 Å². The van der Waals surface area contributed by atoms with Gasteiger partial charge < -0.3 is 0 Å². The zero-order valence-electron chi connectivity index (χ0n) is 7.82. The van der Waals surface area contributed by atoms with Crippen molar-refractivity contribution in [1.29, 1.82) is 0 Å². The van der Waals surface area contributed by atoms with E-state index in [4.69, 9.17) is 11.6 Å². The molecule has 0 aromatic carbocycles. The average Bonchev–Trinajstić information content (AvgIpc) is 2.04. The van der Waals surface area contributed by atoms with E-state index in [1.54, 1.807) is 19.1 Å². The van der Waals surface area contributed by atoms with E-state index >= 15 is 0 Å². The zero-order chi connectivity index (χ0) is 10.5. The summed E-state index contributed by atoms with van der Waals surface area (Å²) >= 11 is 5.75. The fourth-order valence-corrected chi connectivity index (χ4v) is 3.30. The lowest BCUT2D eigenvalue weighted by Gasteiger charge is -2.07. The van der Waals surface area contributed by atoms with Crippen LogP contribution >= 0.6 is 22.4 Å². The predicted molar refractivity (Wildman–Crippen MR) is 60.6 cm³/mol. The Morgan fingerprint density at radius 1 is 1.54 bits per heavy atom. The molecule has 0 aliphatic heterocycles. The first kappa shape index (κ1) is 13.1. The van der Waals surface area contributed by atoms with Gasteiger partial charge in [0.05, 0.1) is 10.3 Å². The molecule has 0 aliphatic carbocycles. The third-order valence-corrected chi connectivity index (χ3v) is 5.12. The molecule has 0 aliphatic rings. The lowest BCUT2D eigenvalue weighted by Crippen LogP contribution is -2.07. The van der Waals surface area contributed by atoms with Crippen LogP contribution in [0.3, 0.4) is 0 Å². The number of hydrogen-bond acceptors (Lipinski definition) is 3. The van der Waals surface area contributed by atoms with Crippen LogP contribution in [0.15, 0.2) is 23.1 Å². The average molecular weight is 241 g/mol. The Labute approximate surface area is 88.4 Å². The number of rotatable bonds is 4. The maximum Gasteiger partial charge on any atom is 0.227 e. The van der Waals surface area contributed by atoms with E-state index in [9.17, 15) is 8.42 Å². The minimum atomic E-state index is -3.24. The summed E-state index contributed by atoms with van der Waals surface area (Å²) in [6.07, 6.45) is 6.48.